The third-order valence-electron chi connectivity index (χ3n) is 3.52. The van der Waals surface area contributed by atoms with Crippen LogP contribution in [0, 0.1) is 12.7 Å². The molecule has 3 rings (SSSR count). The molecule has 134 valence electrons. The monoisotopic (exact) mass is 388 g/mol. The Morgan fingerprint density at radius 3 is 2.69 bits per heavy atom. The average Bonchev–Trinajstić information content (AvgIpc) is 3.09. The molecule has 0 fully saturated rings. The zero-order valence-corrected chi connectivity index (χ0v) is 15.7. The van der Waals surface area contributed by atoms with Gasteiger partial charge in [0.25, 0.3) is 0 Å². The first-order valence-electron chi connectivity index (χ1n) is 7.90. The normalized spacial score (nSPS) is 10.5. The zero-order valence-electron chi connectivity index (χ0n) is 14.0. The van der Waals surface area contributed by atoms with E-state index >= 15 is 0 Å². The van der Waals surface area contributed by atoms with Crippen molar-refractivity contribution in [3.63, 3.8) is 0 Å². The van der Waals surface area contributed by atoms with Crippen molar-refractivity contribution in [1.29, 1.82) is 0 Å². The molecule has 0 saturated carbocycles. The number of aryl methyl sites for hydroxylation is 1. The van der Waals surface area contributed by atoms with E-state index in [0.717, 1.165) is 21.2 Å². The molecule has 8 heteroatoms. The summed E-state index contributed by atoms with van der Waals surface area (Å²) in [4.78, 5) is 11.9. The van der Waals surface area contributed by atoms with Gasteiger partial charge in [0.2, 0.25) is 11.0 Å². The van der Waals surface area contributed by atoms with Crippen molar-refractivity contribution in [2.75, 3.05) is 11.1 Å². The lowest BCUT2D eigenvalue weighted by molar-refractivity contribution is -0.118. The lowest BCUT2D eigenvalue weighted by Crippen LogP contribution is -2.24. The van der Waals surface area contributed by atoms with Gasteiger partial charge in [0, 0.05) is 12.2 Å². The number of carbonyl (C=O) groups is 1. The summed E-state index contributed by atoms with van der Waals surface area (Å²) in [5.74, 6) is -0.148. The number of nitrogens with one attached hydrogen (secondary N) is 2. The number of para-hydroxylation sites is 1. The quantitative estimate of drug-likeness (QED) is 0.596. The smallest absolute Gasteiger partial charge is 0.230 e. The van der Waals surface area contributed by atoms with Crippen LogP contribution in [0.2, 0.25) is 0 Å². The van der Waals surface area contributed by atoms with Gasteiger partial charge in [-0.15, -0.1) is 10.2 Å². The Kier molecular flexibility index (Phi) is 6.19. The van der Waals surface area contributed by atoms with Crippen LogP contribution in [-0.2, 0) is 11.3 Å². The summed E-state index contributed by atoms with van der Waals surface area (Å²) in [6.45, 7) is 2.39. The Morgan fingerprint density at radius 2 is 1.92 bits per heavy atom. The minimum absolute atomic E-state index is 0.108. The molecule has 0 radical (unpaired) electrons. The van der Waals surface area contributed by atoms with Crippen LogP contribution in [0.15, 0.2) is 52.9 Å². The highest BCUT2D eigenvalue weighted by molar-refractivity contribution is 8.01. The number of amides is 1. The van der Waals surface area contributed by atoms with E-state index in [4.69, 9.17) is 0 Å². The molecular formula is C18H17FN4OS2. The van der Waals surface area contributed by atoms with Crippen molar-refractivity contribution in [1.82, 2.24) is 15.5 Å². The zero-order chi connectivity index (χ0) is 18.4. The van der Waals surface area contributed by atoms with Crippen molar-refractivity contribution >= 4 is 39.8 Å². The lowest BCUT2D eigenvalue weighted by atomic mass is 10.2. The predicted molar refractivity (Wildman–Crippen MR) is 103 cm³/mol. The molecule has 26 heavy (non-hydrogen) atoms. The van der Waals surface area contributed by atoms with Gasteiger partial charge in [0.05, 0.1) is 5.75 Å². The highest BCUT2D eigenvalue weighted by Crippen LogP contribution is 2.28. The van der Waals surface area contributed by atoms with E-state index < -0.39 is 0 Å². The molecule has 1 amide bonds. The Bertz CT molecular complexity index is 883. The minimum Gasteiger partial charge on any atom is -0.351 e. The fourth-order valence-corrected chi connectivity index (χ4v) is 3.72. The van der Waals surface area contributed by atoms with Crippen LogP contribution in [0.5, 0.6) is 0 Å². The van der Waals surface area contributed by atoms with Crippen LogP contribution in [0.4, 0.5) is 15.2 Å². The first-order valence-corrected chi connectivity index (χ1v) is 9.70. The van der Waals surface area contributed by atoms with E-state index in [1.54, 1.807) is 12.1 Å². The summed E-state index contributed by atoms with van der Waals surface area (Å²) in [7, 11) is 0. The summed E-state index contributed by atoms with van der Waals surface area (Å²) in [5.41, 5.74) is 2.96. The van der Waals surface area contributed by atoms with Crippen molar-refractivity contribution in [3.8, 4) is 0 Å². The number of aromatic nitrogens is 2. The average molecular weight is 388 g/mol. The molecule has 0 bridgehead atoms. The largest absolute Gasteiger partial charge is 0.351 e. The topological polar surface area (TPSA) is 66.9 Å². The van der Waals surface area contributed by atoms with Gasteiger partial charge in [0.15, 0.2) is 4.34 Å². The maximum absolute atomic E-state index is 12.8. The fraction of sp³-hybridized carbons (Fsp3) is 0.167. The number of hydrogen-bond donors (Lipinski definition) is 2. The molecule has 2 aromatic carbocycles. The van der Waals surface area contributed by atoms with E-state index in [1.165, 1.54) is 35.2 Å². The SMILES string of the molecule is Cc1ccccc1Nc1nnc(SCC(=O)NCc2ccc(F)cc2)s1. The van der Waals surface area contributed by atoms with Gasteiger partial charge < -0.3 is 10.6 Å². The molecule has 1 aromatic heterocycles. The molecule has 0 unspecified atom stereocenters. The number of hydrogen-bond acceptors (Lipinski definition) is 6. The molecule has 0 aliphatic carbocycles. The molecular weight excluding hydrogens is 371 g/mol. The van der Waals surface area contributed by atoms with Crippen LogP contribution < -0.4 is 10.6 Å². The molecule has 0 aliphatic rings. The summed E-state index contributed by atoms with van der Waals surface area (Å²) in [6, 6.07) is 14.0. The highest BCUT2D eigenvalue weighted by Gasteiger charge is 2.09. The van der Waals surface area contributed by atoms with Crippen LogP contribution in [-0.4, -0.2) is 21.9 Å². The number of anilines is 2. The molecule has 5 nitrogen and oxygen atoms in total. The maximum Gasteiger partial charge on any atom is 0.230 e. The van der Waals surface area contributed by atoms with Gasteiger partial charge in [-0.25, -0.2) is 4.39 Å². The van der Waals surface area contributed by atoms with Gasteiger partial charge in [-0.3, -0.25) is 4.79 Å². The summed E-state index contributed by atoms with van der Waals surface area (Å²) < 4.78 is 13.6. The van der Waals surface area contributed by atoms with E-state index in [9.17, 15) is 9.18 Å². The number of nitrogens with zero attached hydrogens (tertiary/aromatic N) is 2. The Morgan fingerprint density at radius 1 is 1.15 bits per heavy atom. The fourth-order valence-electron chi connectivity index (χ4n) is 2.13. The highest BCUT2D eigenvalue weighted by atomic mass is 32.2. The number of benzene rings is 2. The van der Waals surface area contributed by atoms with Gasteiger partial charge in [0.1, 0.15) is 5.82 Å². The predicted octanol–water partition coefficient (Wildman–Crippen LogP) is 4.14. The Balaban J connectivity index is 1.46. The number of thioether (sulfide) groups is 1. The van der Waals surface area contributed by atoms with Crippen LogP contribution >= 0.6 is 23.1 Å². The molecule has 0 saturated heterocycles. The second-order valence-corrected chi connectivity index (χ2v) is 7.70. The van der Waals surface area contributed by atoms with Crippen LogP contribution in [0.3, 0.4) is 0 Å². The summed E-state index contributed by atoms with van der Waals surface area (Å²) in [5, 5.41) is 14.9. The number of carbonyl (C=O) groups excluding carboxylic acids is 1. The minimum atomic E-state index is -0.290. The molecule has 3 aromatic rings. The van der Waals surface area contributed by atoms with Crippen molar-refractivity contribution < 1.29 is 9.18 Å². The first kappa shape index (κ1) is 18.3. The second kappa shape index (κ2) is 8.77. The van der Waals surface area contributed by atoms with Crippen molar-refractivity contribution in [2.45, 2.75) is 17.8 Å². The Hall–Kier alpha value is -2.45. The van der Waals surface area contributed by atoms with Gasteiger partial charge in [-0.05, 0) is 36.2 Å². The number of rotatable bonds is 7. The molecule has 0 aliphatic heterocycles. The van der Waals surface area contributed by atoms with E-state index in [-0.39, 0.29) is 17.5 Å². The van der Waals surface area contributed by atoms with Gasteiger partial charge >= 0.3 is 0 Å². The van der Waals surface area contributed by atoms with Crippen LogP contribution in [0.1, 0.15) is 11.1 Å². The van der Waals surface area contributed by atoms with E-state index in [1.807, 2.05) is 31.2 Å². The molecule has 1 heterocycles. The molecule has 2 N–H and O–H groups in total. The van der Waals surface area contributed by atoms with Crippen molar-refractivity contribution in [3.05, 3.63) is 65.5 Å². The second-order valence-electron chi connectivity index (χ2n) is 5.50. The van der Waals surface area contributed by atoms with Crippen molar-refractivity contribution in [2.24, 2.45) is 0 Å². The maximum atomic E-state index is 12.8. The molecule has 0 spiro atoms. The Labute approximate surface area is 159 Å². The standard InChI is InChI=1S/C18H17FN4OS2/c1-12-4-2-3-5-15(12)21-17-22-23-18(26-17)25-11-16(24)20-10-13-6-8-14(19)9-7-13/h2-9H,10-11H2,1H3,(H,20,24)(H,21,22). The first-order chi connectivity index (χ1) is 12.6. The number of halogens is 1. The summed E-state index contributed by atoms with van der Waals surface area (Å²) in [6.07, 6.45) is 0. The van der Waals surface area contributed by atoms with Gasteiger partial charge in [-0.2, -0.15) is 0 Å². The van der Waals surface area contributed by atoms with Crippen LogP contribution in [0.25, 0.3) is 0 Å². The third kappa shape index (κ3) is 5.27. The lowest BCUT2D eigenvalue weighted by Gasteiger charge is -2.05. The van der Waals surface area contributed by atoms with E-state index in [2.05, 4.69) is 20.8 Å². The molecule has 0 atom stereocenters. The summed E-state index contributed by atoms with van der Waals surface area (Å²) >= 11 is 2.74. The third-order valence-corrected chi connectivity index (χ3v) is 5.49. The van der Waals surface area contributed by atoms with Gasteiger partial charge in [-0.1, -0.05) is 53.4 Å². The van der Waals surface area contributed by atoms with E-state index in [0.29, 0.717) is 11.7 Å².